The van der Waals surface area contributed by atoms with E-state index in [0.29, 0.717) is 23.0 Å². The molecule has 1 aliphatic carbocycles. The molecule has 0 aliphatic heterocycles. The second-order valence-corrected chi connectivity index (χ2v) is 7.95. The number of hydrazine groups is 1. The van der Waals surface area contributed by atoms with E-state index < -0.39 is 0 Å². The fourth-order valence-electron chi connectivity index (χ4n) is 3.24. The van der Waals surface area contributed by atoms with Crippen molar-refractivity contribution < 1.29 is 9.32 Å². The second-order valence-electron chi connectivity index (χ2n) is 7.09. The molecule has 154 valence electrons. The van der Waals surface area contributed by atoms with Crippen molar-refractivity contribution in [3.63, 3.8) is 0 Å². The Morgan fingerprint density at radius 2 is 2.17 bits per heavy atom. The minimum atomic E-state index is -0.342. The third-order valence-electron chi connectivity index (χ3n) is 4.74. The molecule has 1 amide bonds. The Morgan fingerprint density at radius 3 is 2.93 bits per heavy atom. The zero-order valence-corrected chi connectivity index (χ0v) is 17.5. The van der Waals surface area contributed by atoms with Crippen molar-refractivity contribution in [1.82, 2.24) is 20.5 Å². The molecule has 0 atom stereocenters. The fourth-order valence-corrected chi connectivity index (χ4v) is 3.99. The lowest BCUT2D eigenvalue weighted by atomic mass is 10.1. The summed E-state index contributed by atoms with van der Waals surface area (Å²) in [7, 11) is 0. The first kappa shape index (κ1) is 20.1. The van der Waals surface area contributed by atoms with Crippen LogP contribution in [0.2, 0.25) is 0 Å². The maximum absolute atomic E-state index is 12.8. The van der Waals surface area contributed by atoms with Crippen molar-refractivity contribution in [3.8, 4) is 10.8 Å². The van der Waals surface area contributed by atoms with E-state index in [-0.39, 0.29) is 11.6 Å². The number of amides is 1. The molecule has 0 saturated carbocycles. The first-order chi connectivity index (χ1) is 14.6. The molecule has 8 heteroatoms. The Bertz CT molecular complexity index is 1080. The first-order valence-corrected chi connectivity index (χ1v) is 10.6. The van der Waals surface area contributed by atoms with Crippen LogP contribution in [-0.4, -0.2) is 21.1 Å². The monoisotopic (exact) mass is 421 g/mol. The summed E-state index contributed by atoms with van der Waals surface area (Å²) in [6, 6.07) is 11.6. The smallest absolute Gasteiger partial charge is 0.277 e. The van der Waals surface area contributed by atoms with E-state index in [1.807, 2.05) is 54.8 Å². The van der Waals surface area contributed by atoms with Crippen LogP contribution in [0.25, 0.3) is 10.8 Å². The summed E-state index contributed by atoms with van der Waals surface area (Å²) >= 11 is 1.45. The lowest BCUT2D eigenvalue weighted by molar-refractivity contribution is 0.0956. The number of nitrogens with two attached hydrogens (primary N) is 1. The highest BCUT2D eigenvalue weighted by Gasteiger charge is 2.19. The molecule has 0 fully saturated rings. The summed E-state index contributed by atoms with van der Waals surface area (Å²) in [4.78, 5) is 17.2. The number of rotatable bonds is 6. The van der Waals surface area contributed by atoms with Gasteiger partial charge in [0.1, 0.15) is 0 Å². The first-order valence-electron chi connectivity index (χ1n) is 9.76. The van der Waals surface area contributed by atoms with Gasteiger partial charge in [0.15, 0.2) is 16.5 Å². The van der Waals surface area contributed by atoms with Gasteiger partial charge in [-0.05, 0) is 37.8 Å². The van der Waals surface area contributed by atoms with Crippen molar-refractivity contribution in [2.45, 2.75) is 32.7 Å². The number of thiazole rings is 1. The van der Waals surface area contributed by atoms with E-state index in [1.54, 1.807) is 11.1 Å². The van der Waals surface area contributed by atoms with Crippen molar-refractivity contribution in [1.29, 1.82) is 0 Å². The predicted octanol–water partition coefficient (Wildman–Crippen LogP) is 4.16. The van der Waals surface area contributed by atoms with E-state index in [0.717, 1.165) is 36.2 Å². The van der Waals surface area contributed by atoms with Crippen molar-refractivity contribution in [2.75, 3.05) is 0 Å². The molecule has 0 spiro atoms. The Morgan fingerprint density at radius 1 is 1.33 bits per heavy atom. The van der Waals surface area contributed by atoms with Crippen molar-refractivity contribution >= 4 is 17.2 Å². The van der Waals surface area contributed by atoms with Crippen LogP contribution in [0.3, 0.4) is 0 Å². The molecule has 0 unspecified atom stereocenters. The molecule has 7 nitrogen and oxygen atoms in total. The minimum Gasteiger partial charge on any atom is -0.353 e. The van der Waals surface area contributed by atoms with Crippen molar-refractivity contribution in [2.24, 2.45) is 5.84 Å². The molecule has 1 aromatic carbocycles. The highest BCUT2D eigenvalue weighted by molar-refractivity contribution is 7.13. The number of carbonyl (C=O) groups excluding carboxylic acids is 1. The predicted molar refractivity (Wildman–Crippen MR) is 116 cm³/mol. The number of allylic oxidation sites excluding steroid dienone is 3. The minimum absolute atomic E-state index is 0.203. The second kappa shape index (κ2) is 9.06. The van der Waals surface area contributed by atoms with E-state index >= 15 is 0 Å². The summed E-state index contributed by atoms with van der Waals surface area (Å²) in [5, 5.41) is 11.2. The van der Waals surface area contributed by atoms with Gasteiger partial charge in [-0.15, -0.1) is 11.3 Å². The summed E-state index contributed by atoms with van der Waals surface area (Å²) in [6.07, 6.45) is 6.63. The SMILES string of the molecule is Cc1csc(-c2cc(C(=O)NC3=C(N(N)Cc4ccccc4)CCCC=C3)no2)n1. The lowest BCUT2D eigenvalue weighted by Crippen LogP contribution is -2.34. The van der Waals surface area contributed by atoms with Gasteiger partial charge in [-0.3, -0.25) is 4.79 Å². The molecule has 30 heavy (non-hydrogen) atoms. The normalized spacial score (nSPS) is 13.9. The quantitative estimate of drug-likeness (QED) is 0.458. The Kier molecular flexibility index (Phi) is 6.06. The Hall–Kier alpha value is -3.23. The van der Waals surface area contributed by atoms with Crippen LogP contribution in [0.15, 0.2) is 69.8 Å². The van der Waals surface area contributed by atoms with Gasteiger partial charge in [0.05, 0.1) is 17.9 Å². The fraction of sp³-hybridized carbons (Fsp3) is 0.227. The molecular formula is C22H23N5O2S. The Labute approximate surface area is 178 Å². The molecular weight excluding hydrogens is 398 g/mol. The van der Waals surface area contributed by atoms with Gasteiger partial charge in [0.25, 0.3) is 5.91 Å². The zero-order valence-electron chi connectivity index (χ0n) is 16.7. The maximum Gasteiger partial charge on any atom is 0.277 e. The topological polar surface area (TPSA) is 97.3 Å². The van der Waals surface area contributed by atoms with Gasteiger partial charge in [-0.25, -0.2) is 10.8 Å². The summed E-state index contributed by atoms with van der Waals surface area (Å²) in [6.45, 7) is 2.46. The van der Waals surface area contributed by atoms with Gasteiger partial charge < -0.3 is 14.8 Å². The molecule has 1 aliphatic rings. The third-order valence-corrected chi connectivity index (χ3v) is 5.72. The number of nitrogens with zero attached hydrogens (tertiary/aromatic N) is 3. The van der Waals surface area contributed by atoms with Crippen LogP contribution >= 0.6 is 11.3 Å². The van der Waals surface area contributed by atoms with Gasteiger partial charge in [-0.1, -0.05) is 41.6 Å². The van der Waals surface area contributed by atoms with Gasteiger partial charge >= 0.3 is 0 Å². The third kappa shape index (κ3) is 4.67. The van der Waals surface area contributed by atoms with Gasteiger partial charge in [0, 0.05) is 17.1 Å². The van der Waals surface area contributed by atoms with Crippen molar-refractivity contribution in [3.05, 3.63) is 82.3 Å². The van der Waals surface area contributed by atoms with E-state index in [2.05, 4.69) is 15.5 Å². The van der Waals surface area contributed by atoms with Crippen LogP contribution in [-0.2, 0) is 6.54 Å². The zero-order chi connectivity index (χ0) is 20.9. The lowest BCUT2D eigenvalue weighted by Gasteiger charge is -2.24. The highest BCUT2D eigenvalue weighted by atomic mass is 32.1. The molecule has 0 bridgehead atoms. The number of nitrogens with one attached hydrogen (secondary N) is 1. The van der Waals surface area contributed by atoms with Crippen LogP contribution in [0.5, 0.6) is 0 Å². The standard InChI is InChI=1S/C22H23N5O2S/c1-15-14-30-22(24-15)20-12-18(26-29-20)21(28)25-17-10-6-3-7-11-19(17)27(23)13-16-8-4-2-5-9-16/h2,4-6,8-10,12,14H,3,7,11,13,23H2,1H3,(H,25,28). The number of benzene rings is 1. The molecule has 0 saturated heterocycles. The van der Waals surface area contributed by atoms with Gasteiger partial charge in [0.2, 0.25) is 0 Å². The number of hydrogen-bond acceptors (Lipinski definition) is 7. The van der Waals surface area contributed by atoms with Gasteiger partial charge in [-0.2, -0.15) is 0 Å². The molecule has 3 aromatic rings. The van der Waals surface area contributed by atoms with Crippen LogP contribution in [0, 0.1) is 6.92 Å². The van der Waals surface area contributed by atoms with E-state index in [4.69, 9.17) is 10.4 Å². The average molecular weight is 422 g/mol. The van der Waals surface area contributed by atoms with Crippen LogP contribution < -0.4 is 11.2 Å². The molecule has 2 aromatic heterocycles. The number of hydrogen-bond donors (Lipinski definition) is 2. The summed E-state index contributed by atoms with van der Waals surface area (Å²) in [5.41, 5.74) is 3.78. The molecule has 4 rings (SSSR count). The van der Waals surface area contributed by atoms with E-state index in [1.165, 1.54) is 11.3 Å². The Balaban J connectivity index is 1.53. The molecule has 3 N–H and O–H groups in total. The number of aryl methyl sites for hydroxylation is 1. The van der Waals surface area contributed by atoms with Crippen LogP contribution in [0.1, 0.15) is 41.0 Å². The average Bonchev–Trinajstić information content (AvgIpc) is 3.34. The number of carbonyl (C=O) groups is 1. The van der Waals surface area contributed by atoms with Crippen LogP contribution in [0.4, 0.5) is 0 Å². The molecule has 2 heterocycles. The highest BCUT2D eigenvalue weighted by Crippen LogP contribution is 2.25. The summed E-state index contributed by atoms with van der Waals surface area (Å²) in [5.74, 6) is 6.52. The number of aromatic nitrogens is 2. The molecule has 0 radical (unpaired) electrons. The largest absolute Gasteiger partial charge is 0.353 e. The maximum atomic E-state index is 12.8. The summed E-state index contributed by atoms with van der Waals surface area (Å²) < 4.78 is 5.32. The van der Waals surface area contributed by atoms with E-state index in [9.17, 15) is 4.79 Å².